The molecule has 1 saturated heterocycles. The van der Waals surface area contributed by atoms with Gasteiger partial charge in [-0.2, -0.15) is 0 Å². The zero-order valence-electron chi connectivity index (χ0n) is 12.5. The van der Waals surface area contributed by atoms with E-state index in [1.165, 1.54) is 0 Å². The van der Waals surface area contributed by atoms with Crippen molar-refractivity contribution in [3.05, 3.63) is 0 Å². The summed E-state index contributed by atoms with van der Waals surface area (Å²) in [5.74, 6) is 0.179. The molecule has 5 heteroatoms. The molecule has 0 aromatic carbocycles. The second kappa shape index (κ2) is 6.17. The van der Waals surface area contributed by atoms with Crippen LogP contribution in [-0.4, -0.2) is 30.2 Å². The number of ether oxygens (including phenoxy) is 1. The molecule has 2 fully saturated rings. The Kier molecular flexibility index (Phi) is 5.04. The van der Waals surface area contributed by atoms with Crippen LogP contribution >= 0.6 is 0 Å². The summed E-state index contributed by atoms with van der Waals surface area (Å²) in [6.07, 6.45) is 11.1. The number of carbonyl (C=O) groups is 2. The molecule has 0 atom stereocenters. The summed E-state index contributed by atoms with van der Waals surface area (Å²) in [4.78, 5) is 23.1. The summed E-state index contributed by atoms with van der Waals surface area (Å²) in [6, 6.07) is 0.138. The maximum absolute atomic E-state index is 11.6. The van der Waals surface area contributed by atoms with E-state index >= 15 is 0 Å². The van der Waals surface area contributed by atoms with E-state index in [2.05, 4.69) is 23.5 Å². The number of hydrogen-bond donors (Lipinski definition) is 2. The Hall–Kier alpha value is -1.70. The van der Waals surface area contributed by atoms with Crippen LogP contribution in [0.4, 0.5) is 4.79 Å². The SMILES string of the molecule is C#C.CC(C)(C)OC(=O)NC1CCC2(CC1)CNC2=O. The molecule has 2 rings (SSSR count). The molecule has 2 aliphatic rings. The largest absolute Gasteiger partial charge is 0.444 e. The molecule has 0 bridgehead atoms. The van der Waals surface area contributed by atoms with E-state index in [9.17, 15) is 9.59 Å². The molecule has 1 aliphatic heterocycles. The minimum Gasteiger partial charge on any atom is -0.444 e. The van der Waals surface area contributed by atoms with E-state index in [1.807, 2.05) is 20.8 Å². The number of amides is 2. The number of hydrogen-bond acceptors (Lipinski definition) is 3. The van der Waals surface area contributed by atoms with Gasteiger partial charge in [0.2, 0.25) is 5.91 Å². The molecular formula is C15H24N2O3. The first kappa shape index (κ1) is 16.4. The highest BCUT2D eigenvalue weighted by Gasteiger charge is 2.48. The normalized spacial score (nSPS) is 28.4. The lowest BCUT2D eigenvalue weighted by molar-refractivity contribution is -0.142. The van der Waals surface area contributed by atoms with Gasteiger partial charge in [0, 0.05) is 12.6 Å². The van der Waals surface area contributed by atoms with Crippen LogP contribution < -0.4 is 10.6 Å². The van der Waals surface area contributed by atoms with Gasteiger partial charge in [0.15, 0.2) is 0 Å². The lowest BCUT2D eigenvalue weighted by Gasteiger charge is -2.45. The predicted molar refractivity (Wildman–Crippen MR) is 77.0 cm³/mol. The van der Waals surface area contributed by atoms with Gasteiger partial charge in [-0.3, -0.25) is 4.79 Å². The number of carbonyl (C=O) groups excluding carboxylic acids is 2. The maximum Gasteiger partial charge on any atom is 0.407 e. The van der Waals surface area contributed by atoms with Crippen molar-refractivity contribution in [3.63, 3.8) is 0 Å². The smallest absolute Gasteiger partial charge is 0.407 e. The Labute approximate surface area is 120 Å². The summed E-state index contributed by atoms with van der Waals surface area (Å²) in [5, 5.41) is 5.69. The van der Waals surface area contributed by atoms with E-state index in [1.54, 1.807) is 0 Å². The number of β-lactam (4-membered cyclic amide) rings is 1. The second-order valence-electron chi connectivity index (χ2n) is 6.38. The molecule has 112 valence electrons. The topological polar surface area (TPSA) is 67.4 Å². The van der Waals surface area contributed by atoms with Crippen molar-refractivity contribution in [1.29, 1.82) is 0 Å². The first-order valence-electron chi connectivity index (χ1n) is 6.92. The lowest BCUT2D eigenvalue weighted by atomic mass is 9.68. The summed E-state index contributed by atoms with van der Waals surface area (Å²) in [5.41, 5.74) is -0.597. The second-order valence-corrected chi connectivity index (χ2v) is 6.38. The predicted octanol–water partition coefficient (Wildman–Crippen LogP) is 1.82. The number of nitrogens with one attached hydrogen (secondary N) is 2. The molecule has 2 N–H and O–H groups in total. The standard InChI is InChI=1S/C13H22N2O3.C2H2/c1-12(2,3)18-11(17)15-9-4-6-13(7-5-9)8-14-10(13)16;1-2/h9H,4-8H2,1-3H3,(H,14,16)(H,15,17);1-2H. The highest BCUT2D eigenvalue weighted by atomic mass is 16.6. The molecule has 1 heterocycles. The van der Waals surface area contributed by atoms with Crippen molar-refractivity contribution in [2.75, 3.05) is 6.54 Å². The van der Waals surface area contributed by atoms with Crippen molar-refractivity contribution >= 4 is 12.0 Å². The van der Waals surface area contributed by atoms with Gasteiger partial charge in [-0.15, -0.1) is 12.8 Å². The molecule has 5 nitrogen and oxygen atoms in total. The summed E-state index contributed by atoms with van der Waals surface area (Å²) in [6.45, 7) is 6.34. The fraction of sp³-hybridized carbons (Fsp3) is 0.733. The van der Waals surface area contributed by atoms with Gasteiger partial charge in [-0.25, -0.2) is 4.79 Å². The molecule has 20 heavy (non-hydrogen) atoms. The summed E-state index contributed by atoms with van der Waals surface area (Å²) < 4.78 is 5.22. The Balaban J connectivity index is 0.000000956. The highest BCUT2D eigenvalue weighted by Crippen LogP contribution is 2.40. The van der Waals surface area contributed by atoms with Crippen LogP contribution in [0.1, 0.15) is 46.5 Å². The van der Waals surface area contributed by atoms with Crippen LogP contribution in [0, 0.1) is 18.3 Å². The number of alkyl carbamates (subject to hydrolysis) is 1. The van der Waals surface area contributed by atoms with Crippen molar-refractivity contribution in [2.24, 2.45) is 5.41 Å². The monoisotopic (exact) mass is 280 g/mol. The van der Waals surface area contributed by atoms with E-state index in [0.29, 0.717) is 0 Å². The van der Waals surface area contributed by atoms with Gasteiger partial charge < -0.3 is 15.4 Å². The van der Waals surface area contributed by atoms with Crippen molar-refractivity contribution in [3.8, 4) is 12.8 Å². The van der Waals surface area contributed by atoms with Gasteiger partial charge in [-0.05, 0) is 46.5 Å². The van der Waals surface area contributed by atoms with Crippen LogP contribution in [0.5, 0.6) is 0 Å². The van der Waals surface area contributed by atoms with Crippen LogP contribution in [0.2, 0.25) is 0 Å². The maximum atomic E-state index is 11.6. The Morgan fingerprint density at radius 1 is 1.35 bits per heavy atom. The number of terminal acetylenes is 1. The average Bonchev–Trinajstić information content (AvgIpc) is 2.38. The van der Waals surface area contributed by atoms with Crippen LogP contribution in [0.3, 0.4) is 0 Å². The van der Waals surface area contributed by atoms with Gasteiger partial charge in [-0.1, -0.05) is 0 Å². The minimum absolute atomic E-state index is 0.133. The van der Waals surface area contributed by atoms with Gasteiger partial charge in [0.1, 0.15) is 5.60 Å². The summed E-state index contributed by atoms with van der Waals surface area (Å²) in [7, 11) is 0. The first-order valence-corrected chi connectivity index (χ1v) is 6.92. The molecule has 0 radical (unpaired) electrons. The van der Waals surface area contributed by atoms with E-state index < -0.39 is 5.60 Å². The third-order valence-corrected chi connectivity index (χ3v) is 3.73. The molecule has 0 aromatic heterocycles. The highest BCUT2D eigenvalue weighted by molar-refractivity contribution is 5.88. The van der Waals surface area contributed by atoms with Crippen molar-refractivity contribution in [1.82, 2.24) is 10.6 Å². The van der Waals surface area contributed by atoms with Gasteiger partial charge in [0.05, 0.1) is 5.41 Å². The molecule has 1 aliphatic carbocycles. The minimum atomic E-state index is -0.464. The van der Waals surface area contributed by atoms with Crippen LogP contribution in [0.25, 0.3) is 0 Å². The first-order chi connectivity index (χ1) is 9.31. The zero-order valence-corrected chi connectivity index (χ0v) is 12.5. The van der Waals surface area contributed by atoms with E-state index in [-0.39, 0.29) is 23.5 Å². The molecule has 1 spiro atoms. The molecule has 0 aromatic rings. The molecular weight excluding hydrogens is 256 g/mol. The zero-order chi connectivity index (χ0) is 15.4. The molecule has 0 unspecified atom stereocenters. The third kappa shape index (κ3) is 3.89. The lowest BCUT2D eigenvalue weighted by Crippen LogP contribution is -2.61. The quantitative estimate of drug-likeness (QED) is 0.568. The molecule has 2 amide bonds. The Bertz CT molecular complexity index is 388. The number of rotatable bonds is 1. The summed E-state index contributed by atoms with van der Waals surface area (Å²) >= 11 is 0. The Morgan fingerprint density at radius 3 is 2.25 bits per heavy atom. The van der Waals surface area contributed by atoms with Crippen molar-refractivity contribution < 1.29 is 14.3 Å². The van der Waals surface area contributed by atoms with E-state index in [4.69, 9.17) is 4.74 Å². The Morgan fingerprint density at radius 2 is 1.90 bits per heavy atom. The van der Waals surface area contributed by atoms with E-state index in [0.717, 1.165) is 32.2 Å². The average molecular weight is 280 g/mol. The van der Waals surface area contributed by atoms with Crippen LogP contribution in [-0.2, 0) is 9.53 Å². The van der Waals surface area contributed by atoms with Crippen LogP contribution in [0.15, 0.2) is 0 Å². The van der Waals surface area contributed by atoms with Gasteiger partial charge in [0.25, 0.3) is 0 Å². The fourth-order valence-electron chi connectivity index (χ4n) is 2.60. The fourth-order valence-corrected chi connectivity index (χ4v) is 2.60. The van der Waals surface area contributed by atoms with Gasteiger partial charge >= 0.3 is 6.09 Å². The third-order valence-electron chi connectivity index (χ3n) is 3.73. The molecule has 1 saturated carbocycles. The van der Waals surface area contributed by atoms with Crippen molar-refractivity contribution in [2.45, 2.75) is 58.1 Å².